The minimum Gasteiger partial charge on any atom is -0.458 e. The predicted octanol–water partition coefficient (Wildman–Crippen LogP) is 3.25. The second-order valence-corrected chi connectivity index (χ2v) is 8.57. The number of fused-ring (bicyclic) bond motifs is 2. The van der Waals surface area contributed by atoms with Gasteiger partial charge in [-0.2, -0.15) is 0 Å². The number of ether oxygens (including phenoxy) is 2. The number of nitrogens with zero attached hydrogens (tertiary/aromatic N) is 2. The minimum atomic E-state index is -0.424. The van der Waals surface area contributed by atoms with Crippen LogP contribution in [0.5, 0.6) is 0 Å². The van der Waals surface area contributed by atoms with E-state index in [1.165, 1.54) is 6.20 Å². The zero-order valence-corrected chi connectivity index (χ0v) is 16.1. The monoisotopic (exact) mass is 370 g/mol. The lowest BCUT2D eigenvalue weighted by atomic mass is 9.79. The Balaban J connectivity index is 1.29. The van der Waals surface area contributed by atoms with Crippen molar-refractivity contribution in [1.29, 1.82) is 0 Å². The standard InChI is InChI=1S/C21H26N2O4/c1-11-9-23-17(10-22-11)20(25)26-12(2)5-6-15-16-7-14-13(3)19(24)27-18(14)8-21(15,16)4/h9-10,12,14-16,18H,3,5-8H2,1-2,4H3/t12?,14-,15?,16+,18-,21-/m1/s1. The molecule has 0 amide bonds. The topological polar surface area (TPSA) is 78.4 Å². The fourth-order valence-corrected chi connectivity index (χ4v) is 5.10. The number of aromatic nitrogens is 2. The summed E-state index contributed by atoms with van der Waals surface area (Å²) in [5.41, 5.74) is 1.89. The predicted molar refractivity (Wildman–Crippen MR) is 97.7 cm³/mol. The lowest BCUT2D eigenvalue weighted by molar-refractivity contribution is -0.140. The maximum Gasteiger partial charge on any atom is 0.358 e. The Morgan fingerprint density at radius 2 is 2.22 bits per heavy atom. The van der Waals surface area contributed by atoms with Crippen molar-refractivity contribution in [2.75, 3.05) is 0 Å². The molecule has 1 saturated heterocycles. The molecule has 6 nitrogen and oxygen atoms in total. The van der Waals surface area contributed by atoms with E-state index in [1.807, 2.05) is 13.8 Å². The van der Waals surface area contributed by atoms with E-state index in [9.17, 15) is 9.59 Å². The number of carbonyl (C=O) groups is 2. The average Bonchev–Trinajstić information content (AvgIpc) is 3.10. The van der Waals surface area contributed by atoms with Gasteiger partial charge in [0.1, 0.15) is 6.10 Å². The molecule has 0 N–H and O–H groups in total. The summed E-state index contributed by atoms with van der Waals surface area (Å²) in [5.74, 6) is 0.750. The third-order valence-corrected chi connectivity index (χ3v) is 6.82. The first-order chi connectivity index (χ1) is 12.8. The van der Waals surface area contributed by atoms with E-state index in [0.29, 0.717) is 17.4 Å². The number of hydrogen-bond acceptors (Lipinski definition) is 6. The van der Waals surface area contributed by atoms with Crippen molar-refractivity contribution in [3.05, 3.63) is 35.9 Å². The van der Waals surface area contributed by atoms with Gasteiger partial charge < -0.3 is 9.47 Å². The van der Waals surface area contributed by atoms with Crippen molar-refractivity contribution >= 4 is 11.9 Å². The van der Waals surface area contributed by atoms with Crippen molar-refractivity contribution in [2.24, 2.45) is 23.2 Å². The maximum atomic E-state index is 12.2. The van der Waals surface area contributed by atoms with Crippen LogP contribution in [0.3, 0.4) is 0 Å². The van der Waals surface area contributed by atoms with E-state index in [4.69, 9.17) is 9.47 Å². The van der Waals surface area contributed by atoms with Crippen LogP contribution >= 0.6 is 0 Å². The summed E-state index contributed by atoms with van der Waals surface area (Å²) >= 11 is 0. The van der Waals surface area contributed by atoms with Crippen molar-refractivity contribution in [1.82, 2.24) is 9.97 Å². The number of rotatable bonds is 5. The van der Waals surface area contributed by atoms with E-state index < -0.39 is 5.97 Å². The molecule has 4 rings (SSSR count). The van der Waals surface area contributed by atoms with Gasteiger partial charge in [0.15, 0.2) is 5.69 Å². The van der Waals surface area contributed by atoms with Crippen LogP contribution in [-0.2, 0) is 14.3 Å². The van der Waals surface area contributed by atoms with Crippen LogP contribution in [0.4, 0.5) is 0 Å². The average molecular weight is 370 g/mol. The fourth-order valence-electron chi connectivity index (χ4n) is 5.10. The van der Waals surface area contributed by atoms with Gasteiger partial charge in [0.05, 0.1) is 18.0 Å². The lowest BCUT2D eigenvalue weighted by Gasteiger charge is -2.27. The van der Waals surface area contributed by atoms with Crippen molar-refractivity contribution in [2.45, 2.75) is 58.7 Å². The lowest BCUT2D eigenvalue weighted by Crippen LogP contribution is -2.26. The maximum absolute atomic E-state index is 12.2. The summed E-state index contributed by atoms with van der Waals surface area (Å²) in [5, 5.41) is 0. The van der Waals surface area contributed by atoms with Crippen LogP contribution < -0.4 is 0 Å². The summed E-state index contributed by atoms with van der Waals surface area (Å²) in [7, 11) is 0. The highest BCUT2D eigenvalue weighted by Gasteiger charge is 2.66. The highest BCUT2D eigenvalue weighted by molar-refractivity contribution is 5.91. The van der Waals surface area contributed by atoms with Gasteiger partial charge in [-0.25, -0.2) is 14.6 Å². The summed E-state index contributed by atoms with van der Waals surface area (Å²) in [6.45, 7) is 9.96. The summed E-state index contributed by atoms with van der Waals surface area (Å²) in [6.07, 6.45) is 6.59. The van der Waals surface area contributed by atoms with Crippen LogP contribution in [0, 0.1) is 30.1 Å². The molecule has 2 heterocycles. The van der Waals surface area contributed by atoms with E-state index in [1.54, 1.807) is 6.20 Å². The Kier molecular flexibility index (Phi) is 4.32. The van der Waals surface area contributed by atoms with E-state index in [0.717, 1.165) is 31.4 Å². The highest BCUT2D eigenvalue weighted by atomic mass is 16.6. The first kappa shape index (κ1) is 18.1. The Morgan fingerprint density at radius 1 is 1.44 bits per heavy atom. The molecule has 1 aromatic rings. The Labute approximate surface area is 159 Å². The Morgan fingerprint density at radius 3 is 2.93 bits per heavy atom. The molecule has 0 radical (unpaired) electrons. The molecule has 0 aromatic carbocycles. The molecule has 0 spiro atoms. The number of carbonyl (C=O) groups excluding carboxylic acids is 2. The molecule has 3 aliphatic rings. The zero-order chi connectivity index (χ0) is 19.3. The second-order valence-electron chi connectivity index (χ2n) is 8.57. The first-order valence-electron chi connectivity index (χ1n) is 9.69. The molecule has 3 fully saturated rings. The summed E-state index contributed by atoms with van der Waals surface area (Å²) in [6, 6.07) is 0. The SMILES string of the molecule is C=C1C(=O)O[C@@H]2C[C@]3(C)C(CCC(C)OC(=O)c4cnc(C)cn4)[C@@H]3C[C@H]12. The number of aryl methyl sites for hydroxylation is 1. The molecule has 1 aliphatic heterocycles. The van der Waals surface area contributed by atoms with Gasteiger partial charge in [0.2, 0.25) is 0 Å². The third-order valence-electron chi connectivity index (χ3n) is 6.82. The zero-order valence-electron chi connectivity index (χ0n) is 16.1. The Bertz CT molecular complexity index is 790. The van der Waals surface area contributed by atoms with Crippen LogP contribution in [0.15, 0.2) is 24.5 Å². The molecular formula is C21H26N2O4. The molecular weight excluding hydrogens is 344 g/mol. The van der Waals surface area contributed by atoms with E-state index in [2.05, 4.69) is 23.5 Å². The van der Waals surface area contributed by atoms with Crippen LogP contribution in [0.1, 0.15) is 55.7 Å². The summed E-state index contributed by atoms with van der Waals surface area (Å²) in [4.78, 5) is 32.0. The van der Waals surface area contributed by atoms with Gasteiger partial charge in [0.25, 0.3) is 0 Å². The molecule has 27 heavy (non-hydrogen) atoms. The molecule has 6 heteroatoms. The highest BCUT2D eigenvalue weighted by Crippen LogP contribution is 2.70. The third kappa shape index (κ3) is 3.15. The van der Waals surface area contributed by atoms with Crippen LogP contribution in [0.2, 0.25) is 0 Å². The van der Waals surface area contributed by atoms with Gasteiger partial charge in [-0.1, -0.05) is 13.5 Å². The quantitative estimate of drug-likeness (QED) is 0.585. The molecule has 1 aromatic heterocycles. The second kappa shape index (κ2) is 6.43. The first-order valence-corrected chi connectivity index (χ1v) is 9.69. The summed E-state index contributed by atoms with van der Waals surface area (Å²) < 4.78 is 11.0. The number of esters is 2. The smallest absolute Gasteiger partial charge is 0.358 e. The van der Waals surface area contributed by atoms with Crippen molar-refractivity contribution in [3.63, 3.8) is 0 Å². The van der Waals surface area contributed by atoms with Gasteiger partial charge >= 0.3 is 11.9 Å². The molecule has 2 unspecified atom stereocenters. The van der Waals surface area contributed by atoms with Gasteiger partial charge in [-0.15, -0.1) is 0 Å². The normalized spacial score (nSPS) is 35.1. The van der Waals surface area contributed by atoms with Crippen LogP contribution in [0.25, 0.3) is 0 Å². The largest absolute Gasteiger partial charge is 0.458 e. The van der Waals surface area contributed by atoms with Crippen LogP contribution in [-0.4, -0.2) is 34.1 Å². The van der Waals surface area contributed by atoms with E-state index >= 15 is 0 Å². The molecule has 2 aliphatic carbocycles. The fraction of sp³-hybridized carbons (Fsp3) is 0.619. The van der Waals surface area contributed by atoms with E-state index in [-0.39, 0.29) is 35.2 Å². The minimum absolute atomic E-state index is 0.00612. The molecule has 144 valence electrons. The number of hydrogen-bond donors (Lipinski definition) is 0. The van der Waals surface area contributed by atoms with Gasteiger partial charge in [-0.3, -0.25) is 4.98 Å². The van der Waals surface area contributed by atoms with Crippen molar-refractivity contribution < 1.29 is 19.1 Å². The van der Waals surface area contributed by atoms with Crippen molar-refractivity contribution in [3.8, 4) is 0 Å². The molecule has 2 saturated carbocycles. The molecule has 0 bridgehead atoms. The van der Waals surface area contributed by atoms with Gasteiger partial charge in [-0.05, 0) is 56.8 Å². The molecule has 6 atom stereocenters. The Hall–Kier alpha value is -2.24. The van der Waals surface area contributed by atoms with Gasteiger partial charge in [0, 0.05) is 17.7 Å².